The lowest BCUT2D eigenvalue weighted by Crippen LogP contribution is -2.21. The Bertz CT molecular complexity index is 587. The van der Waals surface area contributed by atoms with E-state index in [0.717, 1.165) is 6.42 Å². The fourth-order valence-electron chi connectivity index (χ4n) is 1.75. The molecular weight excluding hydrogens is 324 g/mol. The van der Waals surface area contributed by atoms with E-state index in [9.17, 15) is 13.8 Å². The van der Waals surface area contributed by atoms with Crippen LogP contribution >= 0.6 is 0 Å². The van der Waals surface area contributed by atoms with E-state index in [0.29, 0.717) is 22.3 Å². The predicted molar refractivity (Wildman–Crippen MR) is 83.3 cm³/mol. The molecule has 1 rings (SSSR count). The highest BCUT2D eigenvalue weighted by atomic mass is 32.2. The molecular formula is C13H22N4O5S. The molecule has 0 aromatic carbocycles. The molecule has 0 saturated heterocycles. The molecule has 0 aliphatic rings. The SMILES string of the molecule is CCC[S@](=O)c1nc(COC(=O)NC)c(COC(=O)NC)n1C. The number of carbonyl (C=O) groups excluding carboxylic acids is 2. The van der Waals surface area contributed by atoms with E-state index in [2.05, 4.69) is 15.6 Å². The van der Waals surface area contributed by atoms with Crippen LogP contribution in [-0.4, -0.2) is 45.8 Å². The van der Waals surface area contributed by atoms with Gasteiger partial charge in [0.15, 0.2) is 5.16 Å². The normalized spacial score (nSPS) is 11.7. The minimum absolute atomic E-state index is 0.0705. The first-order chi connectivity index (χ1) is 10.9. The average Bonchev–Trinajstić information content (AvgIpc) is 2.86. The molecule has 1 atom stereocenters. The van der Waals surface area contributed by atoms with Crippen LogP contribution in [0.15, 0.2) is 5.16 Å². The second kappa shape index (κ2) is 9.13. The molecule has 10 heteroatoms. The van der Waals surface area contributed by atoms with E-state index < -0.39 is 23.0 Å². The molecule has 2 N–H and O–H groups in total. The molecule has 1 heterocycles. The number of hydrogen-bond donors (Lipinski definition) is 2. The van der Waals surface area contributed by atoms with Crippen LogP contribution in [0.2, 0.25) is 0 Å². The van der Waals surface area contributed by atoms with Crippen LogP contribution in [0, 0.1) is 0 Å². The Balaban J connectivity index is 3.03. The predicted octanol–water partition coefficient (Wildman–Crippen LogP) is 0.650. The van der Waals surface area contributed by atoms with Crippen LogP contribution < -0.4 is 10.6 Å². The fraction of sp³-hybridized carbons (Fsp3) is 0.615. The molecule has 1 aromatic rings. The summed E-state index contributed by atoms with van der Waals surface area (Å²) in [4.78, 5) is 26.7. The second-order valence-electron chi connectivity index (χ2n) is 4.55. The summed E-state index contributed by atoms with van der Waals surface area (Å²) in [6, 6.07) is 0. The van der Waals surface area contributed by atoms with Crippen LogP contribution in [0.25, 0.3) is 0 Å². The number of nitrogens with one attached hydrogen (secondary N) is 2. The minimum Gasteiger partial charge on any atom is -0.443 e. The summed E-state index contributed by atoms with van der Waals surface area (Å²) in [6.07, 6.45) is -0.459. The molecule has 0 aliphatic heterocycles. The van der Waals surface area contributed by atoms with E-state index in [1.165, 1.54) is 14.1 Å². The minimum atomic E-state index is -1.28. The Morgan fingerprint density at radius 2 is 1.74 bits per heavy atom. The van der Waals surface area contributed by atoms with Gasteiger partial charge in [-0.25, -0.2) is 14.6 Å². The number of carbonyl (C=O) groups is 2. The Labute approximate surface area is 137 Å². The first kappa shape index (κ1) is 18.9. The molecule has 0 unspecified atom stereocenters. The van der Waals surface area contributed by atoms with Crippen molar-refractivity contribution in [3.8, 4) is 0 Å². The lowest BCUT2D eigenvalue weighted by molar-refractivity contribution is 0.131. The van der Waals surface area contributed by atoms with Gasteiger partial charge in [0.25, 0.3) is 0 Å². The third kappa shape index (κ3) is 5.23. The van der Waals surface area contributed by atoms with Gasteiger partial charge in [-0.15, -0.1) is 0 Å². The zero-order chi connectivity index (χ0) is 17.4. The van der Waals surface area contributed by atoms with Crippen molar-refractivity contribution in [3.63, 3.8) is 0 Å². The summed E-state index contributed by atoms with van der Waals surface area (Å²) in [5.74, 6) is 0.469. The maximum Gasteiger partial charge on any atom is 0.407 e. The van der Waals surface area contributed by atoms with Gasteiger partial charge in [-0.1, -0.05) is 6.92 Å². The number of amides is 2. The lowest BCUT2D eigenvalue weighted by Gasteiger charge is -2.08. The molecule has 23 heavy (non-hydrogen) atoms. The highest BCUT2D eigenvalue weighted by Crippen LogP contribution is 2.17. The number of rotatable bonds is 7. The van der Waals surface area contributed by atoms with Crippen molar-refractivity contribution >= 4 is 23.0 Å². The Morgan fingerprint density at radius 1 is 1.17 bits per heavy atom. The standard InChI is InChI=1S/C13H22N4O5S/c1-5-6-23(20)11-16-9(7-21-12(18)14-2)10(17(11)4)8-22-13(19)15-3/h5-8H2,1-4H3,(H,14,18)(H,15,19)/t23-/m0/s1. The number of ether oxygens (including phenoxy) is 2. The third-order valence-corrected chi connectivity index (χ3v) is 4.49. The molecule has 1 aromatic heterocycles. The maximum atomic E-state index is 12.2. The van der Waals surface area contributed by atoms with Crippen LogP contribution in [0.3, 0.4) is 0 Å². The average molecular weight is 346 g/mol. The molecule has 9 nitrogen and oxygen atoms in total. The highest BCUT2D eigenvalue weighted by molar-refractivity contribution is 7.84. The monoisotopic (exact) mass is 346 g/mol. The van der Waals surface area contributed by atoms with Crippen molar-refractivity contribution in [3.05, 3.63) is 11.4 Å². The van der Waals surface area contributed by atoms with Crippen molar-refractivity contribution in [2.45, 2.75) is 31.7 Å². The number of alkyl carbamates (subject to hydrolysis) is 2. The maximum absolute atomic E-state index is 12.2. The fourth-order valence-corrected chi connectivity index (χ4v) is 2.93. The Hall–Kier alpha value is -2.10. The van der Waals surface area contributed by atoms with Gasteiger partial charge in [0.05, 0.1) is 16.5 Å². The van der Waals surface area contributed by atoms with E-state index in [1.54, 1.807) is 11.6 Å². The first-order valence-corrected chi connectivity index (χ1v) is 8.38. The summed E-state index contributed by atoms with van der Waals surface area (Å²) in [6.45, 7) is 1.74. The van der Waals surface area contributed by atoms with Crippen LogP contribution in [0.1, 0.15) is 24.7 Å². The van der Waals surface area contributed by atoms with E-state index in [4.69, 9.17) is 9.47 Å². The summed E-state index contributed by atoms with van der Waals surface area (Å²) < 4.78 is 23.8. The largest absolute Gasteiger partial charge is 0.443 e. The molecule has 2 amide bonds. The van der Waals surface area contributed by atoms with Gasteiger partial charge >= 0.3 is 12.2 Å². The zero-order valence-corrected chi connectivity index (χ0v) is 14.5. The van der Waals surface area contributed by atoms with Crippen molar-refractivity contribution in [2.75, 3.05) is 19.8 Å². The molecule has 130 valence electrons. The quantitative estimate of drug-likeness (QED) is 0.750. The third-order valence-electron chi connectivity index (χ3n) is 2.94. The van der Waals surface area contributed by atoms with Gasteiger partial charge < -0.3 is 24.7 Å². The summed E-state index contributed by atoms with van der Waals surface area (Å²) in [5.41, 5.74) is 0.927. The van der Waals surface area contributed by atoms with Gasteiger partial charge in [-0.05, 0) is 6.42 Å². The molecule has 0 fully saturated rings. The van der Waals surface area contributed by atoms with Crippen molar-refractivity contribution in [1.82, 2.24) is 20.2 Å². The van der Waals surface area contributed by atoms with Crippen LogP contribution in [0.5, 0.6) is 0 Å². The van der Waals surface area contributed by atoms with Crippen molar-refractivity contribution in [2.24, 2.45) is 7.05 Å². The number of hydrogen-bond acceptors (Lipinski definition) is 6. The number of aromatic nitrogens is 2. The molecule has 0 bridgehead atoms. The number of imidazole rings is 1. The van der Waals surface area contributed by atoms with E-state index >= 15 is 0 Å². The van der Waals surface area contributed by atoms with Crippen molar-refractivity contribution in [1.29, 1.82) is 0 Å². The van der Waals surface area contributed by atoms with E-state index in [-0.39, 0.29) is 13.2 Å². The summed E-state index contributed by atoms with van der Waals surface area (Å²) >= 11 is 0. The second-order valence-corrected chi connectivity index (χ2v) is 6.01. The van der Waals surface area contributed by atoms with Gasteiger partial charge in [0.2, 0.25) is 0 Å². The topological polar surface area (TPSA) is 112 Å². The molecule has 0 spiro atoms. The number of nitrogens with zero attached hydrogens (tertiary/aromatic N) is 2. The Morgan fingerprint density at radius 3 is 2.26 bits per heavy atom. The van der Waals surface area contributed by atoms with Crippen molar-refractivity contribution < 1.29 is 23.3 Å². The summed E-state index contributed by atoms with van der Waals surface area (Å²) in [7, 11) is 3.30. The zero-order valence-electron chi connectivity index (χ0n) is 13.7. The molecule has 0 radical (unpaired) electrons. The van der Waals surface area contributed by atoms with E-state index in [1.807, 2.05) is 6.92 Å². The molecule has 0 saturated carbocycles. The highest BCUT2D eigenvalue weighted by Gasteiger charge is 2.20. The molecule has 0 aliphatic carbocycles. The van der Waals surface area contributed by atoms with Gasteiger partial charge in [-0.2, -0.15) is 0 Å². The Kier molecular flexibility index (Phi) is 7.52. The van der Waals surface area contributed by atoms with Crippen LogP contribution in [-0.2, 0) is 40.5 Å². The lowest BCUT2D eigenvalue weighted by atomic mass is 10.3. The summed E-state index contributed by atoms with van der Waals surface area (Å²) in [5, 5.41) is 5.02. The van der Waals surface area contributed by atoms with Gasteiger partial charge in [-0.3, -0.25) is 4.21 Å². The van der Waals surface area contributed by atoms with Gasteiger partial charge in [0.1, 0.15) is 18.9 Å². The first-order valence-electron chi connectivity index (χ1n) is 7.06. The van der Waals surface area contributed by atoms with Crippen LogP contribution in [0.4, 0.5) is 9.59 Å². The smallest absolute Gasteiger partial charge is 0.407 e. The van der Waals surface area contributed by atoms with Gasteiger partial charge in [0, 0.05) is 26.9 Å².